The molecule has 1 saturated heterocycles. The Balaban J connectivity index is 1.88. The normalized spacial score (nSPS) is 15.3. The first-order valence-electron chi connectivity index (χ1n) is 6.43. The number of rotatable bonds is 6. The molecule has 0 bridgehead atoms. The third-order valence-corrected chi connectivity index (χ3v) is 4.03. The van der Waals surface area contributed by atoms with Crippen molar-refractivity contribution in [1.29, 1.82) is 0 Å². The average molecular weight is 264 g/mol. The van der Waals surface area contributed by atoms with Gasteiger partial charge in [-0.05, 0) is 24.3 Å². The molecule has 0 atom stereocenters. The van der Waals surface area contributed by atoms with E-state index >= 15 is 0 Å². The number of likely N-dealkylation sites (tertiary alicyclic amines) is 1. The molecule has 98 valence electrons. The largest absolute Gasteiger partial charge is 0.342 e. The zero-order chi connectivity index (χ0) is 12.8. The molecule has 0 radical (unpaired) electrons. The first kappa shape index (κ1) is 13.3. The molecule has 0 spiro atoms. The van der Waals surface area contributed by atoms with E-state index in [1.807, 2.05) is 17.0 Å². The van der Waals surface area contributed by atoms with Gasteiger partial charge in [0.15, 0.2) is 0 Å². The number of carbonyl (C=O) groups is 1. The van der Waals surface area contributed by atoms with Gasteiger partial charge in [0.2, 0.25) is 5.91 Å². The van der Waals surface area contributed by atoms with Crippen LogP contribution in [0.4, 0.5) is 0 Å². The summed E-state index contributed by atoms with van der Waals surface area (Å²) < 4.78 is 0. The van der Waals surface area contributed by atoms with E-state index in [1.54, 1.807) is 11.3 Å². The van der Waals surface area contributed by atoms with Gasteiger partial charge in [-0.1, -0.05) is 12.1 Å². The maximum absolute atomic E-state index is 12.1. The number of carbonyl (C=O) groups excluding carboxylic acids is 1. The highest BCUT2D eigenvalue weighted by Gasteiger charge is 2.20. The molecule has 1 fully saturated rings. The molecule has 0 saturated carbocycles. The molecular formula is C14H20N2OS. The summed E-state index contributed by atoms with van der Waals surface area (Å²) in [6, 6.07) is 4.16. The van der Waals surface area contributed by atoms with Crippen molar-refractivity contribution in [2.45, 2.75) is 19.4 Å². The third-order valence-electron chi connectivity index (χ3n) is 3.16. The van der Waals surface area contributed by atoms with Crippen molar-refractivity contribution in [3.05, 3.63) is 35.0 Å². The van der Waals surface area contributed by atoms with Gasteiger partial charge in [0.1, 0.15) is 0 Å². The smallest absolute Gasteiger partial charge is 0.236 e. The van der Waals surface area contributed by atoms with Crippen molar-refractivity contribution in [2.24, 2.45) is 0 Å². The average Bonchev–Trinajstić information content (AvgIpc) is 3.01. The van der Waals surface area contributed by atoms with Gasteiger partial charge in [0, 0.05) is 31.1 Å². The van der Waals surface area contributed by atoms with Crippen LogP contribution in [0.25, 0.3) is 0 Å². The zero-order valence-corrected chi connectivity index (χ0v) is 11.5. The van der Waals surface area contributed by atoms with E-state index in [9.17, 15) is 4.79 Å². The zero-order valence-electron chi connectivity index (χ0n) is 10.7. The predicted octanol–water partition coefficient (Wildman–Crippen LogP) is 2.36. The Kier molecular flexibility index (Phi) is 4.96. The summed E-state index contributed by atoms with van der Waals surface area (Å²) in [5, 5.41) is 2.07. The Labute approximate surface area is 113 Å². The Morgan fingerprint density at radius 3 is 2.89 bits per heavy atom. The molecule has 1 amide bonds. The van der Waals surface area contributed by atoms with Crippen LogP contribution in [0.1, 0.15) is 17.7 Å². The van der Waals surface area contributed by atoms with E-state index in [2.05, 4.69) is 22.9 Å². The molecule has 0 aliphatic carbocycles. The fourth-order valence-corrected chi connectivity index (χ4v) is 2.99. The van der Waals surface area contributed by atoms with Crippen molar-refractivity contribution in [2.75, 3.05) is 26.2 Å². The van der Waals surface area contributed by atoms with Crippen LogP contribution < -0.4 is 0 Å². The molecule has 2 heterocycles. The monoisotopic (exact) mass is 264 g/mol. The van der Waals surface area contributed by atoms with Crippen molar-refractivity contribution >= 4 is 17.2 Å². The summed E-state index contributed by atoms with van der Waals surface area (Å²) in [6.45, 7) is 7.73. The maximum atomic E-state index is 12.1. The Bertz CT molecular complexity index is 383. The highest BCUT2D eigenvalue weighted by molar-refractivity contribution is 7.09. The molecule has 1 aliphatic heterocycles. The van der Waals surface area contributed by atoms with Crippen molar-refractivity contribution in [3.63, 3.8) is 0 Å². The number of thiophene rings is 1. The van der Waals surface area contributed by atoms with E-state index < -0.39 is 0 Å². The first-order valence-corrected chi connectivity index (χ1v) is 7.31. The minimum atomic E-state index is 0.255. The quantitative estimate of drug-likeness (QED) is 0.736. The lowest BCUT2D eigenvalue weighted by Crippen LogP contribution is -2.38. The second kappa shape index (κ2) is 6.71. The van der Waals surface area contributed by atoms with Gasteiger partial charge in [0.25, 0.3) is 0 Å². The van der Waals surface area contributed by atoms with Gasteiger partial charge >= 0.3 is 0 Å². The van der Waals surface area contributed by atoms with Crippen LogP contribution in [0.5, 0.6) is 0 Å². The molecule has 18 heavy (non-hydrogen) atoms. The molecule has 1 aromatic rings. The molecule has 0 aromatic carbocycles. The van der Waals surface area contributed by atoms with Crippen LogP contribution in [0.2, 0.25) is 0 Å². The van der Waals surface area contributed by atoms with E-state index in [0.29, 0.717) is 6.54 Å². The Morgan fingerprint density at radius 2 is 2.28 bits per heavy atom. The SMILES string of the molecule is C=CCN(CC(=O)N1CCCC1)Cc1cccs1. The second-order valence-corrected chi connectivity index (χ2v) is 5.66. The predicted molar refractivity (Wildman–Crippen MR) is 75.6 cm³/mol. The van der Waals surface area contributed by atoms with Gasteiger partial charge in [0.05, 0.1) is 6.54 Å². The number of hydrogen-bond donors (Lipinski definition) is 0. The summed E-state index contributed by atoms with van der Waals surface area (Å²) in [5.41, 5.74) is 0. The van der Waals surface area contributed by atoms with Gasteiger partial charge in [-0.2, -0.15) is 0 Å². The summed E-state index contributed by atoms with van der Waals surface area (Å²) in [7, 11) is 0. The van der Waals surface area contributed by atoms with Crippen LogP contribution in [0.15, 0.2) is 30.2 Å². The number of hydrogen-bond acceptors (Lipinski definition) is 3. The van der Waals surface area contributed by atoms with Crippen LogP contribution in [0, 0.1) is 0 Å². The number of amides is 1. The Morgan fingerprint density at radius 1 is 1.50 bits per heavy atom. The lowest BCUT2D eigenvalue weighted by Gasteiger charge is -2.23. The molecule has 2 rings (SSSR count). The first-order chi connectivity index (χ1) is 8.79. The maximum Gasteiger partial charge on any atom is 0.236 e. The van der Waals surface area contributed by atoms with Crippen LogP contribution in [0.3, 0.4) is 0 Å². The summed E-state index contributed by atoms with van der Waals surface area (Å²) >= 11 is 1.74. The number of nitrogens with zero attached hydrogens (tertiary/aromatic N) is 2. The summed E-state index contributed by atoms with van der Waals surface area (Å²) in [4.78, 5) is 17.5. The molecule has 1 aromatic heterocycles. The van der Waals surface area contributed by atoms with Crippen LogP contribution in [-0.2, 0) is 11.3 Å². The van der Waals surface area contributed by atoms with Crippen molar-refractivity contribution < 1.29 is 4.79 Å². The molecule has 1 aliphatic rings. The van der Waals surface area contributed by atoms with Gasteiger partial charge < -0.3 is 4.90 Å². The molecule has 0 N–H and O–H groups in total. The van der Waals surface area contributed by atoms with E-state index in [-0.39, 0.29) is 5.91 Å². The highest BCUT2D eigenvalue weighted by atomic mass is 32.1. The third kappa shape index (κ3) is 3.68. The van der Waals surface area contributed by atoms with Gasteiger partial charge in [-0.15, -0.1) is 17.9 Å². The summed E-state index contributed by atoms with van der Waals surface area (Å²) in [5.74, 6) is 0.255. The fourth-order valence-electron chi connectivity index (χ4n) is 2.25. The van der Waals surface area contributed by atoms with Gasteiger partial charge in [-0.25, -0.2) is 0 Å². The Hall–Kier alpha value is -1.13. The highest BCUT2D eigenvalue weighted by Crippen LogP contribution is 2.13. The minimum Gasteiger partial charge on any atom is -0.342 e. The van der Waals surface area contributed by atoms with E-state index in [0.717, 1.165) is 39.0 Å². The lowest BCUT2D eigenvalue weighted by molar-refractivity contribution is -0.131. The van der Waals surface area contributed by atoms with Gasteiger partial charge in [-0.3, -0.25) is 9.69 Å². The standard InChI is InChI=1S/C14H20N2OS/c1-2-7-15(11-13-6-5-10-18-13)12-14(17)16-8-3-4-9-16/h2,5-6,10H,1,3-4,7-9,11-12H2. The topological polar surface area (TPSA) is 23.6 Å². The van der Waals surface area contributed by atoms with E-state index in [4.69, 9.17) is 0 Å². The van der Waals surface area contributed by atoms with E-state index in [1.165, 1.54) is 4.88 Å². The lowest BCUT2D eigenvalue weighted by atomic mass is 10.3. The minimum absolute atomic E-state index is 0.255. The fraction of sp³-hybridized carbons (Fsp3) is 0.500. The van der Waals surface area contributed by atoms with Crippen LogP contribution in [-0.4, -0.2) is 41.9 Å². The second-order valence-electron chi connectivity index (χ2n) is 4.63. The van der Waals surface area contributed by atoms with Crippen LogP contribution >= 0.6 is 11.3 Å². The molecule has 4 heteroatoms. The van der Waals surface area contributed by atoms with Crippen molar-refractivity contribution in [1.82, 2.24) is 9.80 Å². The van der Waals surface area contributed by atoms with Crippen molar-refractivity contribution in [3.8, 4) is 0 Å². The molecule has 3 nitrogen and oxygen atoms in total. The summed E-state index contributed by atoms with van der Waals surface area (Å²) in [6.07, 6.45) is 4.17. The molecular weight excluding hydrogens is 244 g/mol. The molecule has 0 unspecified atom stereocenters.